The summed E-state index contributed by atoms with van der Waals surface area (Å²) < 4.78 is 1.67. The van der Waals surface area contributed by atoms with Crippen LogP contribution in [-0.4, -0.2) is 33.9 Å². The van der Waals surface area contributed by atoms with E-state index < -0.39 is 0 Å². The number of nitrogens with zero attached hydrogens (tertiary/aromatic N) is 3. The fraction of sp³-hybridized carbons (Fsp3) is 0.571. The maximum Gasteiger partial charge on any atom is 0.259 e. The molecule has 0 bridgehead atoms. The minimum absolute atomic E-state index is 0. The van der Waals surface area contributed by atoms with Crippen LogP contribution in [0.5, 0.6) is 0 Å². The lowest BCUT2D eigenvalue weighted by Crippen LogP contribution is -2.38. The van der Waals surface area contributed by atoms with Crippen LogP contribution in [0.4, 0.5) is 0 Å². The Labute approximate surface area is 134 Å². The van der Waals surface area contributed by atoms with Crippen molar-refractivity contribution >= 4 is 28.7 Å². The Hall–Kier alpha value is -0.950. The number of likely N-dealkylation sites (tertiary alicyclic amines) is 1. The minimum Gasteiger partial charge on any atom is -0.330 e. The number of rotatable bonds is 3. The van der Waals surface area contributed by atoms with Gasteiger partial charge < -0.3 is 5.73 Å². The molecule has 1 aliphatic rings. The third-order valence-corrected chi connectivity index (χ3v) is 4.89. The number of aromatic nitrogens is 2. The second-order valence-corrected chi connectivity index (χ2v) is 6.40. The summed E-state index contributed by atoms with van der Waals surface area (Å²) in [6.07, 6.45) is 2.40. The van der Waals surface area contributed by atoms with Crippen LogP contribution in [0.1, 0.15) is 24.2 Å². The predicted octanol–water partition coefficient (Wildman–Crippen LogP) is 1.66. The summed E-state index contributed by atoms with van der Waals surface area (Å²) in [5.41, 5.74) is 7.61. The lowest BCUT2D eigenvalue weighted by molar-refractivity contribution is 0.169. The van der Waals surface area contributed by atoms with Crippen LogP contribution in [0, 0.1) is 12.8 Å². The molecule has 0 spiro atoms. The van der Waals surface area contributed by atoms with E-state index in [0.717, 1.165) is 42.5 Å². The molecule has 21 heavy (non-hydrogen) atoms. The number of aryl methyl sites for hydroxylation is 1. The van der Waals surface area contributed by atoms with Gasteiger partial charge in [0.25, 0.3) is 5.56 Å². The topological polar surface area (TPSA) is 63.6 Å². The van der Waals surface area contributed by atoms with Crippen molar-refractivity contribution in [3.63, 3.8) is 0 Å². The number of halogens is 1. The molecule has 1 unspecified atom stereocenters. The van der Waals surface area contributed by atoms with E-state index in [1.807, 2.05) is 12.3 Å². The Kier molecular flexibility index (Phi) is 5.37. The molecule has 1 aliphatic heterocycles. The maximum absolute atomic E-state index is 12.1. The van der Waals surface area contributed by atoms with E-state index >= 15 is 0 Å². The second kappa shape index (κ2) is 6.87. The average molecular weight is 329 g/mol. The van der Waals surface area contributed by atoms with Crippen LogP contribution in [0.25, 0.3) is 4.96 Å². The molecule has 0 saturated carbocycles. The molecule has 1 fully saturated rings. The third kappa shape index (κ3) is 3.45. The third-order valence-electron chi connectivity index (χ3n) is 3.95. The van der Waals surface area contributed by atoms with Crippen LogP contribution in [0.3, 0.4) is 0 Å². The zero-order valence-electron chi connectivity index (χ0n) is 12.1. The molecule has 1 atom stereocenters. The van der Waals surface area contributed by atoms with Crippen LogP contribution < -0.4 is 11.3 Å². The van der Waals surface area contributed by atoms with Gasteiger partial charge in [-0.15, -0.1) is 23.7 Å². The summed E-state index contributed by atoms with van der Waals surface area (Å²) in [5, 5.41) is 1.97. The van der Waals surface area contributed by atoms with Gasteiger partial charge in [0.2, 0.25) is 0 Å². The van der Waals surface area contributed by atoms with E-state index in [4.69, 9.17) is 5.73 Å². The standard InChI is InChI=1S/C14H20N4OS.ClH/c1-10-9-20-14-16-12(5-13(19)18(10)14)8-17-4-2-3-11(6-15)7-17;/h5,9,11H,2-4,6-8,15H2,1H3;1H. The molecule has 1 saturated heterocycles. The lowest BCUT2D eigenvalue weighted by atomic mass is 9.98. The first-order chi connectivity index (χ1) is 9.67. The highest BCUT2D eigenvalue weighted by molar-refractivity contribution is 7.15. The number of hydrogen-bond donors (Lipinski definition) is 1. The molecule has 0 radical (unpaired) electrons. The molecular weight excluding hydrogens is 308 g/mol. The van der Waals surface area contributed by atoms with Gasteiger partial charge in [0.1, 0.15) is 0 Å². The monoisotopic (exact) mass is 328 g/mol. The number of hydrogen-bond acceptors (Lipinski definition) is 5. The average Bonchev–Trinajstić information content (AvgIpc) is 2.81. The molecule has 2 aromatic heterocycles. The maximum atomic E-state index is 12.1. The van der Waals surface area contributed by atoms with E-state index in [1.54, 1.807) is 10.5 Å². The van der Waals surface area contributed by atoms with E-state index in [2.05, 4.69) is 9.88 Å². The van der Waals surface area contributed by atoms with Crippen LogP contribution in [-0.2, 0) is 6.54 Å². The molecule has 2 N–H and O–H groups in total. The Morgan fingerprint density at radius 2 is 2.33 bits per heavy atom. The van der Waals surface area contributed by atoms with E-state index in [0.29, 0.717) is 5.92 Å². The van der Waals surface area contributed by atoms with E-state index in [-0.39, 0.29) is 18.0 Å². The fourth-order valence-electron chi connectivity index (χ4n) is 2.90. The zero-order valence-corrected chi connectivity index (χ0v) is 13.8. The molecule has 0 aromatic carbocycles. The van der Waals surface area contributed by atoms with Crippen molar-refractivity contribution in [3.05, 3.63) is 33.2 Å². The van der Waals surface area contributed by atoms with Gasteiger partial charge in [0, 0.05) is 30.2 Å². The summed E-state index contributed by atoms with van der Waals surface area (Å²) in [6.45, 7) is 5.51. The first-order valence-corrected chi connectivity index (χ1v) is 7.94. The van der Waals surface area contributed by atoms with Gasteiger partial charge >= 0.3 is 0 Å². The number of thiazole rings is 1. The predicted molar refractivity (Wildman–Crippen MR) is 88.4 cm³/mol. The summed E-state index contributed by atoms with van der Waals surface area (Å²) >= 11 is 1.52. The normalized spacial score (nSPS) is 19.6. The number of piperidine rings is 1. The van der Waals surface area contributed by atoms with Crippen molar-refractivity contribution in [2.75, 3.05) is 19.6 Å². The minimum atomic E-state index is 0. The van der Waals surface area contributed by atoms with E-state index in [9.17, 15) is 4.79 Å². The Balaban J connectivity index is 0.00000161. The van der Waals surface area contributed by atoms with Crippen LogP contribution >= 0.6 is 23.7 Å². The number of fused-ring (bicyclic) bond motifs is 1. The van der Waals surface area contributed by atoms with Crippen molar-refractivity contribution in [1.29, 1.82) is 0 Å². The Morgan fingerprint density at radius 3 is 3.10 bits per heavy atom. The summed E-state index contributed by atoms with van der Waals surface area (Å²) in [6, 6.07) is 1.67. The van der Waals surface area contributed by atoms with Crippen molar-refractivity contribution in [1.82, 2.24) is 14.3 Å². The lowest BCUT2D eigenvalue weighted by Gasteiger charge is -2.31. The summed E-state index contributed by atoms with van der Waals surface area (Å²) in [5.74, 6) is 0.581. The molecule has 116 valence electrons. The van der Waals surface area contributed by atoms with Gasteiger partial charge in [0.05, 0.1) is 5.69 Å². The van der Waals surface area contributed by atoms with Gasteiger partial charge in [0.15, 0.2) is 4.96 Å². The molecule has 5 nitrogen and oxygen atoms in total. The van der Waals surface area contributed by atoms with Crippen molar-refractivity contribution in [2.24, 2.45) is 11.7 Å². The quantitative estimate of drug-likeness (QED) is 0.930. The highest BCUT2D eigenvalue weighted by Crippen LogP contribution is 2.18. The number of nitrogens with two attached hydrogens (primary N) is 1. The van der Waals surface area contributed by atoms with E-state index in [1.165, 1.54) is 24.2 Å². The van der Waals surface area contributed by atoms with Gasteiger partial charge in [-0.1, -0.05) is 0 Å². The van der Waals surface area contributed by atoms with Crippen molar-refractivity contribution < 1.29 is 0 Å². The molecular formula is C14H21ClN4OS. The van der Waals surface area contributed by atoms with Gasteiger partial charge in [-0.3, -0.25) is 14.1 Å². The summed E-state index contributed by atoms with van der Waals surface area (Å²) in [7, 11) is 0. The first-order valence-electron chi connectivity index (χ1n) is 7.06. The second-order valence-electron chi connectivity index (χ2n) is 5.56. The molecule has 2 aromatic rings. The van der Waals surface area contributed by atoms with Gasteiger partial charge in [-0.05, 0) is 38.8 Å². The summed E-state index contributed by atoms with van der Waals surface area (Å²) in [4.78, 5) is 19.9. The molecule has 3 rings (SSSR count). The van der Waals surface area contributed by atoms with Crippen LogP contribution in [0.15, 0.2) is 16.2 Å². The first kappa shape index (κ1) is 16.4. The zero-order chi connectivity index (χ0) is 14.1. The largest absolute Gasteiger partial charge is 0.330 e. The fourth-order valence-corrected chi connectivity index (χ4v) is 3.79. The SMILES string of the molecule is Cc1csc2nc(CN3CCCC(CN)C3)cc(=O)n12.Cl. The van der Waals surface area contributed by atoms with Gasteiger partial charge in [-0.25, -0.2) is 4.98 Å². The molecule has 0 aliphatic carbocycles. The molecule has 0 amide bonds. The van der Waals surface area contributed by atoms with Crippen LogP contribution in [0.2, 0.25) is 0 Å². The van der Waals surface area contributed by atoms with Gasteiger partial charge in [-0.2, -0.15) is 0 Å². The molecule has 7 heteroatoms. The van der Waals surface area contributed by atoms with Crippen molar-refractivity contribution in [3.8, 4) is 0 Å². The highest BCUT2D eigenvalue weighted by Gasteiger charge is 2.19. The Bertz CT molecular complexity index is 669. The smallest absolute Gasteiger partial charge is 0.259 e. The Morgan fingerprint density at radius 1 is 1.52 bits per heavy atom. The highest BCUT2D eigenvalue weighted by atomic mass is 35.5. The molecule has 3 heterocycles. The van der Waals surface area contributed by atoms with Crippen molar-refractivity contribution in [2.45, 2.75) is 26.3 Å².